The molecule has 0 aliphatic rings. The smallest absolute Gasteiger partial charge is 0.337 e. The van der Waals surface area contributed by atoms with Crippen LogP contribution < -0.4 is 10.6 Å². The molecule has 0 saturated carbocycles. The minimum absolute atomic E-state index is 0.246. The van der Waals surface area contributed by atoms with E-state index in [0.29, 0.717) is 28.4 Å². The minimum Gasteiger partial charge on any atom is -0.465 e. The van der Waals surface area contributed by atoms with Gasteiger partial charge in [-0.1, -0.05) is 11.6 Å². The highest BCUT2D eigenvalue weighted by Crippen LogP contribution is 2.25. The van der Waals surface area contributed by atoms with Gasteiger partial charge in [0.05, 0.1) is 28.9 Å². The van der Waals surface area contributed by atoms with Crippen LogP contribution in [0.25, 0.3) is 0 Å². The zero-order chi connectivity index (χ0) is 19.1. The topological polar surface area (TPSA) is 96.4 Å². The Balaban J connectivity index is 2.05. The summed E-state index contributed by atoms with van der Waals surface area (Å²) in [6, 6.07) is 4.67. The van der Waals surface area contributed by atoms with Gasteiger partial charge in [-0.2, -0.15) is 0 Å². The third kappa shape index (κ3) is 5.40. The van der Waals surface area contributed by atoms with Crippen LogP contribution in [0.3, 0.4) is 0 Å². The van der Waals surface area contributed by atoms with Gasteiger partial charge in [0.25, 0.3) is 5.91 Å². The summed E-state index contributed by atoms with van der Waals surface area (Å²) in [6.45, 7) is 1.27. The summed E-state index contributed by atoms with van der Waals surface area (Å²) in [5, 5.41) is 6.09. The van der Waals surface area contributed by atoms with Gasteiger partial charge in [0.1, 0.15) is 0 Å². The van der Waals surface area contributed by atoms with Gasteiger partial charge in [0.2, 0.25) is 5.95 Å². The van der Waals surface area contributed by atoms with Crippen molar-refractivity contribution in [2.45, 2.75) is 0 Å². The fourth-order valence-electron chi connectivity index (χ4n) is 1.99. The number of carbonyl (C=O) groups is 2. The van der Waals surface area contributed by atoms with Crippen LogP contribution >= 0.6 is 11.6 Å². The van der Waals surface area contributed by atoms with Gasteiger partial charge in [-0.25, -0.2) is 14.8 Å². The standard InChI is InChI=1S/C17H20ClN5O3/c1-23(2)7-6-19-15(24)12-9-20-17(21-10-12)22-14-8-11(16(25)26-3)4-5-13(14)18/h4-5,8-10H,6-7H2,1-3H3,(H,19,24)(H,20,21,22). The Morgan fingerprint density at radius 1 is 1.19 bits per heavy atom. The van der Waals surface area contributed by atoms with Gasteiger partial charge in [-0.15, -0.1) is 0 Å². The molecule has 1 aromatic carbocycles. The third-order valence-electron chi connectivity index (χ3n) is 3.39. The van der Waals surface area contributed by atoms with Crippen LogP contribution in [0.4, 0.5) is 11.6 Å². The summed E-state index contributed by atoms with van der Waals surface area (Å²) in [5.41, 5.74) is 1.15. The zero-order valence-corrected chi connectivity index (χ0v) is 15.5. The molecule has 2 aromatic rings. The molecule has 2 N–H and O–H groups in total. The van der Waals surface area contributed by atoms with E-state index in [0.717, 1.165) is 6.54 Å². The van der Waals surface area contributed by atoms with E-state index in [2.05, 4.69) is 25.3 Å². The second-order valence-electron chi connectivity index (χ2n) is 5.67. The molecule has 1 heterocycles. The second kappa shape index (κ2) is 9.12. The van der Waals surface area contributed by atoms with Gasteiger partial charge >= 0.3 is 5.97 Å². The lowest BCUT2D eigenvalue weighted by atomic mass is 10.2. The number of rotatable bonds is 7. The quantitative estimate of drug-likeness (QED) is 0.712. The van der Waals surface area contributed by atoms with E-state index in [-0.39, 0.29) is 11.9 Å². The molecule has 8 nitrogen and oxygen atoms in total. The number of nitrogens with zero attached hydrogens (tertiary/aromatic N) is 3. The molecule has 26 heavy (non-hydrogen) atoms. The Labute approximate surface area is 156 Å². The van der Waals surface area contributed by atoms with Gasteiger partial charge < -0.3 is 20.3 Å². The van der Waals surface area contributed by atoms with E-state index >= 15 is 0 Å². The fraction of sp³-hybridized carbons (Fsp3) is 0.294. The lowest BCUT2D eigenvalue weighted by molar-refractivity contribution is 0.0600. The van der Waals surface area contributed by atoms with E-state index in [4.69, 9.17) is 11.6 Å². The van der Waals surface area contributed by atoms with E-state index in [9.17, 15) is 9.59 Å². The summed E-state index contributed by atoms with van der Waals surface area (Å²) in [6.07, 6.45) is 2.83. The van der Waals surface area contributed by atoms with Crippen LogP contribution in [-0.4, -0.2) is 61.0 Å². The number of hydrogen-bond donors (Lipinski definition) is 2. The third-order valence-corrected chi connectivity index (χ3v) is 3.72. The molecule has 0 fully saturated rings. The second-order valence-corrected chi connectivity index (χ2v) is 6.07. The number of anilines is 2. The summed E-state index contributed by atoms with van der Waals surface area (Å²) in [4.78, 5) is 33.8. The van der Waals surface area contributed by atoms with Crippen molar-refractivity contribution in [3.63, 3.8) is 0 Å². The van der Waals surface area contributed by atoms with Gasteiger partial charge in [-0.3, -0.25) is 4.79 Å². The van der Waals surface area contributed by atoms with Crippen molar-refractivity contribution in [2.24, 2.45) is 0 Å². The van der Waals surface area contributed by atoms with Crippen LogP contribution in [0.15, 0.2) is 30.6 Å². The molecular weight excluding hydrogens is 358 g/mol. The SMILES string of the molecule is COC(=O)c1ccc(Cl)c(Nc2ncc(C(=O)NCCN(C)C)cn2)c1. The number of halogens is 1. The van der Waals surface area contributed by atoms with Crippen LogP contribution in [-0.2, 0) is 4.74 Å². The van der Waals surface area contributed by atoms with Crippen molar-refractivity contribution in [1.29, 1.82) is 0 Å². The average molecular weight is 378 g/mol. The predicted molar refractivity (Wildman–Crippen MR) is 99.0 cm³/mol. The molecular formula is C17H20ClN5O3. The largest absolute Gasteiger partial charge is 0.465 e. The monoisotopic (exact) mass is 377 g/mol. The Kier molecular flexibility index (Phi) is 6.88. The van der Waals surface area contributed by atoms with E-state index in [1.165, 1.54) is 19.5 Å². The Bertz CT molecular complexity index is 780. The number of ether oxygens (including phenoxy) is 1. The molecule has 0 saturated heterocycles. The molecule has 1 aromatic heterocycles. The van der Waals surface area contributed by atoms with Crippen LogP contribution in [0.5, 0.6) is 0 Å². The average Bonchev–Trinajstić information content (AvgIpc) is 2.63. The molecule has 2 rings (SSSR count). The summed E-state index contributed by atoms with van der Waals surface area (Å²) < 4.78 is 4.68. The minimum atomic E-state index is -0.477. The molecule has 1 amide bonds. The maximum Gasteiger partial charge on any atom is 0.337 e. The lowest BCUT2D eigenvalue weighted by Gasteiger charge is -2.11. The highest BCUT2D eigenvalue weighted by molar-refractivity contribution is 6.33. The number of hydrogen-bond acceptors (Lipinski definition) is 7. The zero-order valence-electron chi connectivity index (χ0n) is 14.7. The van der Waals surface area contributed by atoms with Gasteiger partial charge in [0, 0.05) is 25.5 Å². The van der Waals surface area contributed by atoms with E-state index < -0.39 is 5.97 Å². The van der Waals surface area contributed by atoms with Crippen molar-refractivity contribution < 1.29 is 14.3 Å². The maximum absolute atomic E-state index is 12.0. The van der Waals surface area contributed by atoms with Crippen molar-refractivity contribution in [3.8, 4) is 0 Å². The summed E-state index contributed by atoms with van der Waals surface area (Å²) >= 11 is 6.12. The van der Waals surface area contributed by atoms with Gasteiger partial charge in [-0.05, 0) is 32.3 Å². The molecule has 0 aliphatic heterocycles. The predicted octanol–water partition coefficient (Wildman–Crippen LogP) is 1.95. The van der Waals surface area contributed by atoms with Crippen molar-refractivity contribution in [1.82, 2.24) is 20.2 Å². The molecule has 9 heteroatoms. The number of aromatic nitrogens is 2. The van der Waals surface area contributed by atoms with Crippen LogP contribution in [0.1, 0.15) is 20.7 Å². The van der Waals surface area contributed by atoms with E-state index in [1.54, 1.807) is 18.2 Å². The normalized spacial score (nSPS) is 10.5. The summed E-state index contributed by atoms with van der Waals surface area (Å²) in [5.74, 6) is -0.474. The van der Waals surface area contributed by atoms with Crippen molar-refractivity contribution >= 4 is 35.1 Å². The number of methoxy groups -OCH3 is 1. The van der Waals surface area contributed by atoms with Crippen molar-refractivity contribution in [2.75, 3.05) is 39.6 Å². The number of amides is 1. The molecule has 0 aliphatic carbocycles. The fourth-order valence-corrected chi connectivity index (χ4v) is 2.16. The Hall–Kier alpha value is -2.71. The van der Waals surface area contributed by atoms with Crippen LogP contribution in [0, 0.1) is 0 Å². The first-order chi connectivity index (χ1) is 12.4. The van der Waals surface area contributed by atoms with Crippen molar-refractivity contribution in [3.05, 3.63) is 46.7 Å². The molecule has 0 unspecified atom stereocenters. The Morgan fingerprint density at radius 3 is 2.50 bits per heavy atom. The number of likely N-dealkylation sites (N-methyl/N-ethyl adjacent to an activating group) is 1. The van der Waals surface area contributed by atoms with E-state index in [1.807, 2.05) is 19.0 Å². The molecule has 0 radical (unpaired) electrons. The highest BCUT2D eigenvalue weighted by atomic mass is 35.5. The first-order valence-electron chi connectivity index (χ1n) is 7.80. The molecule has 0 atom stereocenters. The number of esters is 1. The highest BCUT2D eigenvalue weighted by Gasteiger charge is 2.11. The first-order valence-corrected chi connectivity index (χ1v) is 8.18. The lowest BCUT2D eigenvalue weighted by Crippen LogP contribution is -2.31. The Morgan fingerprint density at radius 2 is 1.88 bits per heavy atom. The number of nitrogens with one attached hydrogen (secondary N) is 2. The summed E-state index contributed by atoms with van der Waals surface area (Å²) in [7, 11) is 5.15. The molecule has 138 valence electrons. The van der Waals surface area contributed by atoms with Gasteiger partial charge in [0.15, 0.2) is 0 Å². The molecule has 0 spiro atoms. The number of benzene rings is 1. The molecule has 0 bridgehead atoms. The first kappa shape index (κ1) is 19.6. The van der Waals surface area contributed by atoms with Crippen LogP contribution in [0.2, 0.25) is 5.02 Å². The number of carbonyl (C=O) groups excluding carboxylic acids is 2. The maximum atomic E-state index is 12.0.